The van der Waals surface area contributed by atoms with E-state index in [0.717, 1.165) is 5.39 Å². The van der Waals surface area contributed by atoms with Crippen LogP contribution in [-0.4, -0.2) is 52.7 Å². The minimum absolute atomic E-state index is 0.0675. The fourth-order valence-electron chi connectivity index (χ4n) is 3.48. The molecule has 1 aromatic carbocycles. The molecule has 128 valence electrons. The number of amides is 1. The Morgan fingerprint density at radius 2 is 2.17 bits per heavy atom. The molecule has 0 radical (unpaired) electrons. The number of likely N-dealkylation sites (tertiary alicyclic amines) is 1. The zero-order valence-corrected chi connectivity index (χ0v) is 13.6. The van der Waals surface area contributed by atoms with E-state index in [1.54, 1.807) is 13.0 Å². The van der Waals surface area contributed by atoms with Crippen LogP contribution in [0.1, 0.15) is 28.9 Å². The largest absolute Gasteiger partial charge is 0.479 e. The summed E-state index contributed by atoms with van der Waals surface area (Å²) in [5, 5.41) is 10.4. The summed E-state index contributed by atoms with van der Waals surface area (Å²) in [6, 6.07) is 4.36. The maximum atomic E-state index is 13.5. The van der Waals surface area contributed by atoms with Crippen LogP contribution < -0.4 is 0 Å². The molecule has 1 atom stereocenters. The molecule has 6 nitrogen and oxygen atoms in total. The number of carboxylic acids is 1. The van der Waals surface area contributed by atoms with Gasteiger partial charge in [0.15, 0.2) is 5.54 Å². The predicted molar refractivity (Wildman–Crippen MR) is 85.5 cm³/mol. The van der Waals surface area contributed by atoms with E-state index in [2.05, 4.69) is 4.98 Å². The molecule has 3 rings (SSSR count). The summed E-state index contributed by atoms with van der Waals surface area (Å²) in [6.07, 6.45) is 0.936. The molecule has 0 spiro atoms. The van der Waals surface area contributed by atoms with Crippen molar-refractivity contribution in [2.24, 2.45) is 0 Å². The lowest BCUT2D eigenvalue weighted by molar-refractivity contribution is -0.151. The first kappa shape index (κ1) is 16.4. The lowest BCUT2D eigenvalue weighted by Crippen LogP contribution is -2.56. The van der Waals surface area contributed by atoms with E-state index in [9.17, 15) is 19.1 Å². The molecule has 1 aliphatic rings. The fraction of sp³-hybridized carbons (Fsp3) is 0.412. The molecule has 1 unspecified atom stereocenters. The van der Waals surface area contributed by atoms with Crippen LogP contribution in [0, 0.1) is 12.7 Å². The van der Waals surface area contributed by atoms with Gasteiger partial charge < -0.3 is 19.7 Å². The second-order valence-corrected chi connectivity index (χ2v) is 6.20. The number of hydrogen-bond acceptors (Lipinski definition) is 3. The highest BCUT2D eigenvalue weighted by molar-refractivity contribution is 6.01. The topological polar surface area (TPSA) is 82.6 Å². The van der Waals surface area contributed by atoms with Gasteiger partial charge in [-0.3, -0.25) is 4.79 Å². The highest BCUT2D eigenvalue weighted by Gasteiger charge is 2.50. The summed E-state index contributed by atoms with van der Waals surface area (Å²) < 4.78 is 18.6. The number of benzene rings is 1. The van der Waals surface area contributed by atoms with Crippen LogP contribution in [0.3, 0.4) is 0 Å². The number of H-pyrrole nitrogens is 1. The highest BCUT2D eigenvalue weighted by atomic mass is 19.1. The predicted octanol–water partition coefficient (Wildman–Crippen LogP) is 2.32. The molecule has 1 aliphatic heterocycles. The number of rotatable bonds is 4. The van der Waals surface area contributed by atoms with Crippen LogP contribution in [0.4, 0.5) is 4.39 Å². The molecule has 1 amide bonds. The second-order valence-electron chi connectivity index (χ2n) is 6.20. The molecule has 1 aromatic heterocycles. The zero-order chi connectivity index (χ0) is 17.5. The number of fused-ring (bicyclic) bond motifs is 1. The van der Waals surface area contributed by atoms with Gasteiger partial charge in [-0.05, 0) is 43.5 Å². The van der Waals surface area contributed by atoms with Gasteiger partial charge in [0.1, 0.15) is 11.5 Å². The van der Waals surface area contributed by atoms with Crippen molar-refractivity contribution in [3.8, 4) is 0 Å². The minimum atomic E-state index is -1.36. The third kappa shape index (κ3) is 2.45. The van der Waals surface area contributed by atoms with Crippen LogP contribution in [0.2, 0.25) is 0 Å². The number of methoxy groups -OCH3 is 1. The molecule has 0 aliphatic carbocycles. The number of ether oxygens (including phenoxy) is 1. The number of aryl methyl sites for hydroxylation is 1. The van der Waals surface area contributed by atoms with E-state index in [4.69, 9.17) is 4.74 Å². The van der Waals surface area contributed by atoms with Gasteiger partial charge in [0.2, 0.25) is 0 Å². The van der Waals surface area contributed by atoms with Crippen molar-refractivity contribution >= 4 is 22.8 Å². The number of carbonyl (C=O) groups excluding carboxylic acids is 1. The summed E-state index contributed by atoms with van der Waals surface area (Å²) >= 11 is 0. The fourth-order valence-corrected chi connectivity index (χ4v) is 3.48. The van der Waals surface area contributed by atoms with Gasteiger partial charge in [0, 0.05) is 24.6 Å². The number of aliphatic carboxylic acids is 1. The second kappa shape index (κ2) is 5.90. The van der Waals surface area contributed by atoms with Crippen molar-refractivity contribution < 1.29 is 23.8 Å². The molecule has 2 heterocycles. The normalized spacial score (nSPS) is 20.7. The number of nitrogens with zero attached hydrogens (tertiary/aromatic N) is 1. The molecule has 0 bridgehead atoms. The number of hydrogen-bond donors (Lipinski definition) is 2. The monoisotopic (exact) mass is 334 g/mol. The first-order valence-electron chi connectivity index (χ1n) is 7.72. The molecule has 1 fully saturated rings. The average molecular weight is 334 g/mol. The number of carbonyl (C=O) groups is 2. The van der Waals surface area contributed by atoms with E-state index in [1.165, 1.54) is 24.1 Å². The first-order chi connectivity index (χ1) is 11.4. The smallest absolute Gasteiger partial charge is 0.332 e. The third-order valence-corrected chi connectivity index (χ3v) is 4.66. The minimum Gasteiger partial charge on any atom is -0.479 e. The highest BCUT2D eigenvalue weighted by Crippen LogP contribution is 2.32. The van der Waals surface area contributed by atoms with E-state index in [0.29, 0.717) is 30.5 Å². The number of halogens is 1. The van der Waals surface area contributed by atoms with Crippen molar-refractivity contribution in [2.75, 3.05) is 20.3 Å². The molecule has 24 heavy (non-hydrogen) atoms. The SMILES string of the molecule is COCC1(C(=O)O)CCCN1C(=O)c1cc2c(C)cc(F)cc2[nH]1. The maximum absolute atomic E-state index is 13.5. The summed E-state index contributed by atoms with van der Waals surface area (Å²) in [7, 11) is 1.42. The molecular weight excluding hydrogens is 315 g/mol. The van der Waals surface area contributed by atoms with Crippen LogP contribution in [0.5, 0.6) is 0 Å². The van der Waals surface area contributed by atoms with Gasteiger partial charge in [-0.15, -0.1) is 0 Å². The molecule has 2 N–H and O–H groups in total. The van der Waals surface area contributed by atoms with E-state index in [1.807, 2.05) is 0 Å². The molecule has 7 heteroatoms. The Morgan fingerprint density at radius 1 is 1.42 bits per heavy atom. The van der Waals surface area contributed by atoms with Gasteiger partial charge in [-0.2, -0.15) is 0 Å². The number of aromatic nitrogens is 1. The summed E-state index contributed by atoms with van der Waals surface area (Å²) in [6.45, 7) is 2.04. The number of nitrogens with one attached hydrogen (secondary N) is 1. The number of aromatic amines is 1. The number of carboxylic acid groups (broad SMARTS) is 1. The summed E-state index contributed by atoms with van der Waals surface area (Å²) in [4.78, 5) is 28.9. The lowest BCUT2D eigenvalue weighted by atomic mass is 9.97. The average Bonchev–Trinajstić information content (AvgIpc) is 3.11. The molecule has 1 saturated heterocycles. The van der Waals surface area contributed by atoms with Crippen molar-refractivity contribution in [2.45, 2.75) is 25.3 Å². The Balaban J connectivity index is 2.02. The van der Waals surface area contributed by atoms with Gasteiger partial charge in [-0.25, -0.2) is 9.18 Å². The van der Waals surface area contributed by atoms with Gasteiger partial charge >= 0.3 is 5.97 Å². The van der Waals surface area contributed by atoms with Crippen molar-refractivity contribution in [3.63, 3.8) is 0 Å². The Morgan fingerprint density at radius 3 is 2.83 bits per heavy atom. The Labute approximate surface area is 138 Å². The van der Waals surface area contributed by atoms with Crippen LogP contribution in [-0.2, 0) is 9.53 Å². The van der Waals surface area contributed by atoms with E-state index >= 15 is 0 Å². The third-order valence-electron chi connectivity index (χ3n) is 4.66. The maximum Gasteiger partial charge on any atom is 0.332 e. The van der Waals surface area contributed by atoms with Crippen molar-refractivity contribution in [1.29, 1.82) is 0 Å². The molecule has 2 aromatic rings. The molecule has 0 saturated carbocycles. The summed E-state index contributed by atoms with van der Waals surface area (Å²) in [5.74, 6) is -1.88. The quantitative estimate of drug-likeness (QED) is 0.899. The van der Waals surface area contributed by atoms with Crippen molar-refractivity contribution in [1.82, 2.24) is 9.88 Å². The van der Waals surface area contributed by atoms with Gasteiger partial charge in [0.05, 0.1) is 6.61 Å². The first-order valence-corrected chi connectivity index (χ1v) is 7.72. The standard InChI is InChI=1S/C17H19FN2O4/c1-10-6-11(18)7-13-12(10)8-14(19-13)15(21)20-5-3-4-17(20,9-24-2)16(22)23/h6-8,19H,3-5,9H2,1-2H3,(H,22,23). The van der Waals surface area contributed by atoms with Crippen LogP contribution in [0.25, 0.3) is 10.9 Å². The Bertz CT molecular complexity index is 816. The lowest BCUT2D eigenvalue weighted by Gasteiger charge is -2.33. The Hall–Kier alpha value is -2.41. The van der Waals surface area contributed by atoms with E-state index < -0.39 is 17.4 Å². The summed E-state index contributed by atoms with van der Waals surface area (Å²) in [5.41, 5.74) is 0.122. The Kier molecular flexibility index (Phi) is 4.04. The van der Waals surface area contributed by atoms with E-state index in [-0.39, 0.29) is 18.1 Å². The van der Waals surface area contributed by atoms with Gasteiger partial charge in [-0.1, -0.05) is 0 Å². The van der Waals surface area contributed by atoms with Crippen molar-refractivity contribution in [3.05, 3.63) is 35.3 Å². The van der Waals surface area contributed by atoms with Crippen LogP contribution >= 0.6 is 0 Å². The zero-order valence-electron chi connectivity index (χ0n) is 13.6. The van der Waals surface area contributed by atoms with Crippen LogP contribution in [0.15, 0.2) is 18.2 Å². The van der Waals surface area contributed by atoms with Gasteiger partial charge in [0.25, 0.3) is 5.91 Å². The molecular formula is C17H19FN2O4.